The van der Waals surface area contributed by atoms with Gasteiger partial charge in [-0.05, 0) is 43.1 Å². The number of carbonyl (C=O) groups is 1. The van der Waals surface area contributed by atoms with Gasteiger partial charge in [0.1, 0.15) is 6.61 Å². The lowest BCUT2D eigenvalue weighted by molar-refractivity contribution is 0.00338. The zero-order chi connectivity index (χ0) is 16.8. The van der Waals surface area contributed by atoms with E-state index >= 15 is 0 Å². The van der Waals surface area contributed by atoms with Gasteiger partial charge < -0.3 is 14.7 Å². The lowest BCUT2D eigenvalue weighted by atomic mass is 9.77. The number of piperidine rings is 1. The molecule has 4 heteroatoms. The van der Waals surface area contributed by atoms with E-state index in [4.69, 9.17) is 4.74 Å². The maximum atomic E-state index is 12.2. The molecular formula is C20H29NO3. The first-order valence-corrected chi connectivity index (χ1v) is 9.38. The first-order chi connectivity index (χ1) is 11.7. The van der Waals surface area contributed by atoms with Crippen LogP contribution < -0.4 is 0 Å². The topological polar surface area (TPSA) is 49.8 Å². The van der Waals surface area contributed by atoms with Gasteiger partial charge in [-0.15, -0.1) is 0 Å². The molecule has 1 amide bonds. The third-order valence-electron chi connectivity index (χ3n) is 5.62. The third-order valence-corrected chi connectivity index (χ3v) is 5.62. The number of amides is 1. The van der Waals surface area contributed by atoms with Crippen LogP contribution in [0.3, 0.4) is 0 Å². The van der Waals surface area contributed by atoms with Crippen molar-refractivity contribution in [3.05, 3.63) is 35.9 Å². The molecule has 132 valence electrons. The summed E-state index contributed by atoms with van der Waals surface area (Å²) in [4.78, 5) is 14.0. The summed E-state index contributed by atoms with van der Waals surface area (Å²) in [5.74, 6) is 0.812. The molecule has 1 saturated heterocycles. The van der Waals surface area contributed by atoms with E-state index in [1.54, 1.807) is 4.90 Å². The second-order valence-corrected chi connectivity index (χ2v) is 7.25. The molecule has 0 radical (unpaired) electrons. The molecular weight excluding hydrogens is 302 g/mol. The monoisotopic (exact) mass is 331 g/mol. The smallest absolute Gasteiger partial charge is 0.410 e. The largest absolute Gasteiger partial charge is 0.445 e. The van der Waals surface area contributed by atoms with Gasteiger partial charge in [-0.25, -0.2) is 4.79 Å². The summed E-state index contributed by atoms with van der Waals surface area (Å²) in [6.07, 6.45) is 7.52. The Morgan fingerprint density at radius 3 is 2.33 bits per heavy atom. The molecule has 1 atom stereocenters. The number of carbonyl (C=O) groups excluding carboxylic acids is 1. The highest BCUT2D eigenvalue weighted by atomic mass is 16.6. The van der Waals surface area contributed by atoms with E-state index in [-0.39, 0.29) is 12.2 Å². The molecule has 2 aliphatic rings. The second-order valence-electron chi connectivity index (χ2n) is 7.25. The summed E-state index contributed by atoms with van der Waals surface area (Å²) in [5.41, 5.74) is 1.01. The fourth-order valence-electron chi connectivity index (χ4n) is 4.09. The average molecular weight is 331 g/mol. The fraction of sp³-hybridized carbons (Fsp3) is 0.650. The number of likely N-dealkylation sites (tertiary alicyclic amines) is 1. The molecule has 3 rings (SSSR count). The van der Waals surface area contributed by atoms with Gasteiger partial charge in [0.15, 0.2) is 0 Å². The minimum absolute atomic E-state index is 0.187. The SMILES string of the molecule is O=C(OCc1ccccc1)N1CCC(C(O)C2CCCCC2)CC1. The van der Waals surface area contributed by atoms with E-state index in [0.29, 0.717) is 31.5 Å². The van der Waals surface area contributed by atoms with Crippen LogP contribution in [0.15, 0.2) is 30.3 Å². The van der Waals surface area contributed by atoms with Gasteiger partial charge in [-0.1, -0.05) is 49.6 Å². The summed E-state index contributed by atoms with van der Waals surface area (Å²) < 4.78 is 5.40. The summed E-state index contributed by atoms with van der Waals surface area (Å²) in [5, 5.41) is 10.6. The number of aliphatic hydroxyl groups excluding tert-OH is 1. The van der Waals surface area contributed by atoms with Crippen molar-refractivity contribution in [3.8, 4) is 0 Å². The van der Waals surface area contributed by atoms with Crippen molar-refractivity contribution < 1.29 is 14.6 Å². The number of rotatable bonds is 4. The van der Waals surface area contributed by atoms with Gasteiger partial charge in [0.2, 0.25) is 0 Å². The van der Waals surface area contributed by atoms with Crippen molar-refractivity contribution in [3.63, 3.8) is 0 Å². The van der Waals surface area contributed by atoms with Gasteiger partial charge >= 0.3 is 6.09 Å². The van der Waals surface area contributed by atoms with Gasteiger partial charge in [-0.2, -0.15) is 0 Å². The first kappa shape index (κ1) is 17.3. The highest BCUT2D eigenvalue weighted by molar-refractivity contribution is 5.67. The fourth-order valence-corrected chi connectivity index (χ4v) is 4.09. The molecule has 1 saturated carbocycles. The minimum Gasteiger partial charge on any atom is -0.445 e. The highest BCUT2D eigenvalue weighted by Crippen LogP contribution is 2.33. The molecule has 0 bridgehead atoms. The van der Waals surface area contributed by atoms with Crippen LogP contribution >= 0.6 is 0 Å². The number of hydrogen-bond donors (Lipinski definition) is 1. The van der Waals surface area contributed by atoms with Gasteiger partial charge in [0.05, 0.1) is 6.10 Å². The number of benzene rings is 1. The van der Waals surface area contributed by atoms with Gasteiger partial charge in [-0.3, -0.25) is 0 Å². The van der Waals surface area contributed by atoms with E-state index in [1.165, 1.54) is 32.1 Å². The first-order valence-electron chi connectivity index (χ1n) is 9.38. The zero-order valence-corrected chi connectivity index (χ0v) is 14.4. The second kappa shape index (κ2) is 8.52. The lowest BCUT2D eigenvalue weighted by Gasteiger charge is -2.37. The predicted molar refractivity (Wildman–Crippen MR) is 93.5 cm³/mol. The molecule has 0 spiro atoms. The Morgan fingerprint density at radius 2 is 1.67 bits per heavy atom. The van der Waals surface area contributed by atoms with Crippen LogP contribution in [-0.2, 0) is 11.3 Å². The van der Waals surface area contributed by atoms with E-state index in [9.17, 15) is 9.90 Å². The molecule has 2 fully saturated rings. The van der Waals surface area contributed by atoms with Crippen LogP contribution in [0.1, 0.15) is 50.5 Å². The molecule has 1 aromatic carbocycles. The molecule has 1 unspecified atom stereocenters. The molecule has 1 aliphatic carbocycles. The molecule has 1 aliphatic heterocycles. The van der Waals surface area contributed by atoms with Crippen molar-refractivity contribution in [1.82, 2.24) is 4.90 Å². The van der Waals surface area contributed by atoms with Crippen molar-refractivity contribution in [2.75, 3.05) is 13.1 Å². The Labute approximate surface area is 144 Å². The maximum absolute atomic E-state index is 12.2. The molecule has 0 aromatic heterocycles. The molecule has 1 N–H and O–H groups in total. The maximum Gasteiger partial charge on any atom is 0.410 e. The normalized spacial score (nSPS) is 21.5. The average Bonchev–Trinajstić information content (AvgIpc) is 2.67. The standard InChI is InChI=1S/C20H29NO3/c22-19(17-9-5-2-6-10-17)18-11-13-21(14-12-18)20(23)24-15-16-7-3-1-4-8-16/h1,3-4,7-8,17-19,22H,2,5-6,9-15H2. The summed E-state index contributed by atoms with van der Waals surface area (Å²) in [6.45, 7) is 1.72. The van der Waals surface area contributed by atoms with Crippen molar-refractivity contribution in [2.45, 2.75) is 57.7 Å². The highest BCUT2D eigenvalue weighted by Gasteiger charge is 2.32. The minimum atomic E-state index is -0.232. The van der Waals surface area contributed by atoms with Crippen LogP contribution in [-0.4, -0.2) is 35.3 Å². The van der Waals surface area contributed by atoms with Crippen LogP contribution in [0.2, 0.25) is 0 Å². The van der Waals surface area contributed by atoms with Crippen LogP contribution in [0, 0.1) is 11.8 Å². The third kappa shape index (κ3) is 4.50. The van der Waals surface area contributed by atoms with Gasteiger partial charge in [0.25, 0.3) is 0 Å². The van der Waals surface area contributed by atoms with Crippen molar-refractivity contribution in [1.29, 1.82) is 0 Å². The molecule has 1 heterocycles. The summed E-state index contributed by atoms with van der Waals surface area (Å²) in [7, 11) is 0. The number of ether oxygens (including phenoxy) is 1. The predicted octanol–water partition coefficient (Wildman–Crippen LogP) is 3.98. The number of aliphatic hydroxyl groups is 1. The summed E-state index contributed by atoms with van der Waals surface area (Å²) >= 11 is 0. The Bertz CT molecular complexity index is 505. The molecule has 24 heavy (non-hydrogen) atoms. The quantitative estimate of drug-likeness (QED) is 0.908. The van der Waals surface area contributed by atoms with E-state index in [2.05, 4.69) is 0 Å². The van der Waals surface area contributed by atoms with E-state index in [0.717, 1.165) is 18.4 Å². The number of hydrogen-bond acceptors (Lipinski definition) is 3. The Kier molecular flexibility index (Phi) is 6.13. The zero-order valence-electron chi connectivity index (χ0n) is 14.4. The van der Waals surface area contributed by atoms with Crippen molar-refractivity contribution in [2.24, 2.45) is 11.8 Å². The summed E-state index contributed by atoms with van der Waals surface area (Å²) in [6, 6.07) is 9.76. The molecule has 4 nitrogen and oxygen atoms in total. The Hall–Kier alpha value is -1.55. The lowest BCUT2D eigenvalue weighted by Crippen LogP contribution is -2.43. The Morgan fingerprint density at radius 1 is 1.04 bits per heavy atom. The molecule has 1 aromatic rings. The van der Waals surface area contributed by atoms with Crippen molar-refractivity contribution >= 4 is 6.09 Å². The Balaban J connectivity index is 1.41. The van der Waals surface area contributed by atoms with Crippen LogP contribution in [0.5, 0.6) is 0 Å². The van der Waals surface area contributed by atoms with E-state index < -0.39 is 0 Å². The van der Waals surface area contributed by atoms with Crippen LogP contribution in [0.4, 0.5) is 4.79 Å². The van der Waals surface area contributed by atoms with Crippen LogP contribution in [0.25, 0.3) is 0 Å². The van der Waals surface area contributed by atoms with Gasteiger partial charge in [0, 0.05) is 13.1 Å². The van der Waals surface area contributed by atoms with E-state index in [1.807, 2.05) is 30.3 Å². The number of nitrogens with zero attached hydrogens (tertiary/aromatic N) is 1.